The van der Waals surface area contributed by atoms with Crippen molar-refractivity contribution in [2.45, 2.75) is 18.6 Å². The third-order valence-corrected chi connectivity index (χ3v) is 2.74. The van der Waals surface area contributed by atoms with Gasteiger partial charge in [0.15, 0.2) is 5.54 Å². The number of fused-ring (bicyclic) bond motifs is 1. The number of hydrogen-bond donors (Lipinski definition) is 1. The lowest BCUT2D eigenvalue weighted by Crippen LogP contribution is -2.49. The summed E-state index contributed by atoms with van der Waals surface area (Å²) in [6.07, 6.45) is -1.63. The Morgan fingerprint density at radius 1 is 1.35 bits per heavy atom. The summed E-state index contributed by atoms with van der Waals surface area (Å²) in [5.74, 6) is -0.229. The molecule has 0 fully saturated rings. The molecule has 0 saturated carbocycles. The van der Waals surface area contributed by atoms with E-state index in [4.69, 9.17) is 5.73 Å². The standard InChI is InChI=1S/C10H11F3N4/c1-9(14,10(11,12)13)8-16-6-3-4-15-5-7(6)17(8)2/h3-5H,14H2,1-2H3. The maximum Gasteiger partial charge on any atom is 0.413 e. The van der Waals surface area contributed by atoms with Crippen LogP contribution in [0.2, 0.25) is 0 Å². The molecular weight excluding hydrogens is 233 g/mol. The molecule has 0 saturated heterocycles. The van der Waals surface area contributed by atoms with Crippen LogP contribution < -0.4 is 5.73 Å². The maximum atomic E-state index is 12.8. The van der Waals surface area contributed by atoms with Crippen molar-refractivity contribution in [3.63, 3.8) is 0 Å². The van der Waals surface area contributed by atoms with E-state index >= 15 is 0 Å². The lowest BCUT2D eigenvalue weighted by Gasteiger charge is -2.26. The van der Waals surface area contributed by atoms with E-state index < -0.39 is 11.7 Å². The molecule has 1 atom stereocenters. The Kier molecular flexibility index (Phi) is 2.39. The van der Waals surface area contributed by atoms with Gasteiger partial charge in [0.25, 0.3) is 0 Å². The topological polar surface area (TPSA) is 56.7 Å². The van der Waals surface area contributed by atoms with Crippen LogP contribution in [0, 0.1) is 0 Å². The van der Waals surface area contributed by atoms with E-state index in [1.54, 1.807) is 6.07 Å². The molecule has 0 aromatic carbocycles. The fourth-order valence-corrected chi connectivity index (χ4v) is 1.63. The highest BCUT2D eigenvalue weighted by molar-refractivity contribution is 5.74. The van der Waals surface area contributed by atoms with E-state index in [1.165, 1.54) is 24.0 Å². The minimum absolute atomic E-state index is 0.229. The quantitative estimate of drug-likeness (QED) is 0.830. The second kappa shape index (κ2) is 3.43. The number of halogens is 3. The lowest BCUT2D eigenvalue weighted by molar-refractivity contribution is -0.186. The predicted molar refractivity (Wildman–Crippen MR) is 56.1 cm³/mol. The van der Waals surface area contributed by atoms with Gasteiger partial charge in [0.05, 0.1) is 17.2 Å². The zero-order valence-electron chi connectivity index (χ0n) is 9.28. The van der Waals surface area contributed by atoms with Crippen molar-refractivity contribution in [1.29, 1.82) is 0 Å². The number of aryl methyl sites for hydroxylation is 1. The van der Waals surface area contributed by atoms with Gasteiger partial charge in [-0.1, -0.05) is 0 Å². The fraction of sp³-hybridized carbons (Fsp3) is 0.400. The van der Waals surface area contributed by atoms with E-state index in [1.807, 2.05) is 0 Å². The first kappa shape index (κ1) is 11.8. The van der Waals surface area contributed by atoms with Crippen LogP contribution in [0.5, 0.6) is 0 Å². The Hall–Kier alpha value is -1.63. The number of nitrogens with two attached hydrogens (primary N) is 1. The van der Waals surface area contributed by atoms with Gasteiger partial charge in [-0.05, 0) is 13.0 Å². The number of pyridine rings is 1. The van der Waals surface area contributed by atoms with E-state index in [0.29, 0.717) is 11.0 Å². The molecule has 0 amide bonds. The van der Waals surface area contributed by atoms with E-state index in [0.717, 1.165) is 6.92 Å². The Bertz CT molecular complexity index is 556. The number of imidazole rings is 1. The van der Waals surface area contributed by atoms with Gasteiger partial charge in [-0.2, -0.15) is 13.2 Å². The SMILES string of the molecule is Cn1c(C(C)(N)C(F)(F)F)nc2ccncc21. The maximum absolute atomic E-state index is 12.8. The number of nitrogens with zero attached hydrogens (tertiary/aromatic N) is 3. The molecule has 2 aromatic rings. The molecule has 2 aromatic heterocycles. The van der Waals surface area contributed by atoms with Gasteiger partial charge in [-0.3, -0.25) is 4.98 Å². The molecule has 2 heterocycles. The van der Waals surface area contributed by atoms with Crippen molar-refractivity contribution in [3.05, 3.63) is 24.3 Å². The molecule has 2 N–H and O–H groups in total. The fourth-order valence-electron chi connectivity index (χ4n) is 1.63. The van der Waals surface area contributed by atoms with Crippen LogP contribution in [0.1, 0.15) is 12.7 Å². The second-order valence-corrected chi connectivity index (χ2v) is 4.06. The van der Waals surface area contributed by atoms with Crippen molar-refractivity contribution in [2.24, 2.45) is 12.8 Å². The Balaban J connectivity index is 2.68. The van der Waals surface area contributed by atoms with Gasteiger partial charge in [-0.15, -0.1) is 0 Å². The van der Waals surface area contributed by atoms with Crippen molar-refractivity contribution >= 4 is 11.0 Å². The van der Waals surface area contributed by atoms with Crippen molar-refractivity contribution < 1.29 is 13.2 Å². The van der Waals surface area contributed by atoms with Crippen LogP contribution >= 0.6 is 0 Å². The summed E-state index contributed by atoms with van der Waals surface area (Å²) in [7, 11) is 1.49. The molecule has 0 spiro atoms. The summed E-state index contributed by atoms with van der Waals surface area (Å²) in [6.45, 7) is 0.904. The Morgan fingerprint density at radius 2 is 2.00 bits per heavy atom. The summed E-state index contributed by atoms with van der Waals surface area (Å²) in [5.41, 5.74) is 3.83. The minimum atomic E-state index is -4.56. The second-order valence-electron chi connectivity index (χ2n) is 4.06. The molecule has 4 nitrogen and oxygen atoms in total. The number of rotatable bonds is 1. The van der Waals surface area contributed by atoms with Crippen molar-refractivity contribution in [3.8, 4) is 0 Å². The monoisotopic (exact) mass is 244 g/mol. The molecule has 0 aliphatic rings. The first-order valence-electron chi connectivity index (χ1n) is 4.87. The third kappa shape index (κ3) is 1.66. The highest BCUT2D eigenvalue weighted by atomic mass is 19.4. The molecule has 92 valence electrons. The normalized spacial score (nSPS) is 16.1. The van der Waals surface area contributed by atoms with E-state index in [-0.39, 0.29) is 5.82 Å². The van der Waals surface area contributed by atoms with Crippen LogP contribution in [-0.2, 0) is 12.6 Å². The highest BCUT2D eigenvalue weighted by Gasteiger charge is 2.52. The van der Waals surface area contributed by atoms with Gasteiger partial charge in [-0.25, -0.2) is 4.98 Å². The predicted octanol–water partition coefficient (Wildman–Crippen LogP) is 1.70. The highest BCUT2D eigenvalue weighted by Crippen LogP contribution is 2.36. The molecular formula is C10H11F3N4. The van der Waals surface area contributed by atoms with E-state index in [9.17, 15) is 13.2 Å². The smallest absolute Gasteiger partial charge is 0.328 e. The molecule has 2 rings (SSSR count). The average molecular weight is 244 g/mol. The molecule has 7 heteroatoms. The zero-order chi connectivity index (χ0) is 12.8. The molecule has 0 radical (unpaired) electrons. The summed E-state index contributed by atoms with van der Waals surface area (Å²) in [5, 5.41) is 0. The van der Waals surface area contributed by atoms with Crippen LogP contribution in [0.3, 0.4) is 0 Å². The third-order valence-electron chi connectivity index (χ3n) is 2.74. The van der Waals surface area contributed by atoms with Crippen molar-refractivity contribution in [1.82, 2.24) is 14.5 Å². The lowest BCUT2D eigenvalue weighted by atomic mass is 10.0. The van der Waals surface area contributed by atoms with Crippen molar-refractivity contribution in [2.75, 3.05) is 0 Å². The van der Waals surface area contributed by atoms with Crippen LogP contribution in [0.4, 0.5) is 13.2 Å². The van der Waals surface area contributed by atoms with Gasteiger partial charge >= 0.3 is 6.18 Å². The van der Waals surface area contributed by atoms with Gasteiger partial charge in [0.1, 0.15) is 5.82 Å². The first-order valence-corrected chi connectivity index (χ1v) is 4.87. The van der Waals surface area contributed by atoms with Gasteiger partial charge < -0.3 is 10.3 Å². The summed E-state index contributed by atoms with van der Waals surface area (Å²) >= 11 is 0. The Labute approximate surface area is 95.3 Å². The molecule has 1 unspecified atom stereocenters. The molecule has 0 aliphatic carbocycles. The summed E-state index contributed by atoms with van der Waals surface area (Å²) < 4.78 is 39.8. The van der Waals surface area contributed by atoms with Crippen LogP contribution in [0.15, 0.2) is 18.5 Å². The average Bonchev–Trinajstić information content (AvgIpc) is 2.56. The van der Waals surface area contributed by atoms with Gasteiger partial charge in [0, 0.05) is 13.2 Å². The number of aromatic nitrogens is 3. The molecule has 0 bridgehead atoms. The largest absolute Gasteiger partial charge is 0.413 e. The molecule has 17 heavy (non-hydrogen) atoms. The first-order chi connectivity index (χ1) is 7.75. The van der Waals surface area contributed by atoms with E-state index in [2.05, 4.69) is 9.97 Å². The Morgan fingerprint density at radius 3 is 2.53 bits per heavy atom. The zero-order valence-corrected chi connectivity index (χ0v) is 9.28. The number of alkyl halides is 3. The van der Waals surface area contributed by atoms with Crippen LogP contribution in [0.25, 0.3) is 11.0 Å². The number of hydrogen-bond acceptors (Lipinski definition) is 3. The van der Waals surface area contributed by atoms with Gasteiger partial charge in [0.2, 0.25) is 0 Å². The summed E-state index contributed by atoms with van der Waals surface area (Å²) in [6, 6.07) is 1.55. The minimum Gasteiger partial charge on any atom is -0.328 e. The molecule has 0 aliphatic heterocycles. The summed E-state index contributed by atoms with van der Waals surface area (Å²) in [4.78, 5) is 7.78. The van der Waals surface area contributed by atoms with Crippen LogP contribution in [-0.4, -0.2) is 20.7 Å².